The van der Waals surface area contributed by atoms with Gasteiger partial charge in [0.05, 0.1) is 0 Å². The fourth-order valence-corrected chi connectivity index (χ4v) is 1.79. The van der Waals surface area contributed by atoms with Gasteiger partial charge in [-0.25, -0.2) is 4.39 Å². The first-order valence-corrected chi connectivity index (χ1v) is 5.14. The molecule has 0 heterocycles. The summed E-state index contributed by atoms with van der Waals surface area (Å²) in [6, 6.07) is 4.52. The Morgan fingerprint density at radius 1 is 1.50 bits per heavy atom. The second-order valence-corrected chi connectivity index (χ2v) is 3.93. The molecule has 2 N–H and O–H groups in total. The number of halogens is 2. The molecular formula is C11H15ClFN. The van der Waals surface area contributed by atoms with Crippen LogP contribution in [0.15, 0.2) is 18.2 Å². The van der Waals surface area contributed by atoms with Crippen LogP contribution in [0.3, 0.4) is 0 Å². The highest BCUT2D eigenvalue weighted by atomic mass is 35.5. The number of hydrogen-bond acceptors (Lipinski definition) is 1. The van der Waals surface area contributed by atoms with Crippen molar-refractivity contribution < 1.29 is 4.39 Å². The van der Waals surface area contributed by atoms with Crippen molar-refractivity contribution in [2.75, 3.05) is 0 Å². The largest absolute Gasteiger partial charge is 0.327 e. The van der Waals surface area contributed by atoms with E-state index < -0.39 is 0 Å². The van der Waals surface area contributed by atoms with Crippen LogP contribution in [0.2, 0.25) is 5.02 Å². The molecule has 0 saturated carbocycles. The molecule has 14 heavy (non-hydrogen) atoms. The first-order chi connectivity index (χ1) is 6.56. The molecule has 0 bridgehead atoms. The molecule has 0 aliphatic carbocycles. The van der Waals surface area contributed by atoms with Gasteiger partial charge in [-0.1, -0.05) is 31.5 Å². The van der Waals surface area contributed by atoms with Crippen LogP contribution in [0.25, 0.3) is 0 Å². The highest BCUT2D eigenvalue weighted by Crippen LogP contribution is 2.27. The minimum Gasteiger partial charge on any atom is -0.327 e. The van der Waals surface area contributed by atoms with Crippen LogP contribution >= 0.6 is 11.6 Å². The van der Waals surface area contributed by atoms with E-state index in [-0.39, 0.29) is 17.8 Å². The van der Waals surface area contributed by atoms with Gasteiger partial charge >= 0.3 is 0 Å². The highest BCUT2D eigenvalue weighted by molar-refractivity contribution is 6.31. The van der Waals surface area contributed by atoms with Crippen LogP contribution in [0.4, 0.5) is 4.39 Å². The maximum absolute atomic E-state index is 12.8. The summed E-state index contributed by atoms with van der Waals surface area (Å²) >= 11 is 5.93. The Hall–Kier alpha value is -0.600. The van der Waals surface area contributed by atoms with Gasteiger partial charge in [0.1, 0.15) is 5.82 Å². The zero-order valence-corrected chi connectivity index (χ0v) is 9.18. The fourth-order valence-electron chi connectivity index (χ4n) is 1.45. The summed E-state index contributed by atoms with van der Waals surface area (Å²) in [5.41, 5.74) is 6.82. The predicted octanol–water partition coefficient (Wildman–Crippen LogP) is 3.32. The Bertz CT molecular complexity index is 314. The summed E-state index contributed by atoms with van der Waals surface area (Å²) in [6.45, 7) is 4.03. The molecule has 1 aromatic rings. The lowest BCUT2D eigenvalue weighted by Crippen LogP contribution is -2.25. The Morgan fingerprint density at radius 3 is 2.64 bits per heavy atom. The first-order valence-electron chi connectivity index (χ1n) is 4.76. The molecule has 0 aromatic heterocycles. The van der Waals surface area contributed by atoms with Crippen molar-refractivity contribution in [3.8, 4) is 0 Å². The Balaban J connectivity index is 2.95. The van der Waals surface area contributed by atoms with Crippen molar-refractivity contribution >= 4 is 11.6 Å². The Kier molecular flexibility index (Phi) is 3.90. The highest BCUT2D eigenvalue weighted by Gasteiger charge is 2.15. The summed E-state index contributed by atoms with van der Waals surface area (Å²) < 4.78 is 12.8. The zero-order chi connectivity index (χ0) is 10.7. The maximum atomic E-state index is 12.8. The van der Waals surface area contributed by atoms with E-state index in [0.717, 1.165) is 12.0 Å². The molecular weight excluding hydrogens is 201 g/mol. The van der Waals surface area contributed by atoms with Gasteiger partial charge in [0.25, 0.3) is 0 Å². The molecule has 0 amide bonds. The van der Waals surface area contributed by atoms with E-state index in [1.807, 2.05) is 13.8 Å². The first kappa shape index (κ1) is 11.5. The second kappa shape index (κ2) is 4.76. The van der Waals surface area contributed by atoms with Crippen LogP contribution in [0.5, 0.6) is 0 Å². The molecule has 0 fully saturated rings. The molecule has 1 rings (SSSR count). The number of hydrogen-bond donors (Lipinski definition) is 1. The molecule has 1 aromatic carbocycles. The minimum atomic E-state index is -0.309. The van der Waals surface area contributed by atoms with Crippen LogP contribution in [-0.4, -0.2) is 6.04 Å². The Morgan fingerprint density at radius 2 is 2.14 bits per heavy atom. The third-order valence-electron chi connectivity index (χ3n) is 2.57. The number of rotatable bonds is 3. The Labute approximate surface area is 89.1 Å². The summed E-state index contributed by atoms with van der Waals surface area (Å²) in [6.07, 6.45) is 0.884. The third-order valence-corrected chi connectivity index (χ3v) is 2.89. The summed E-state index contributed by atoms with van der Waals surface area (Å²) in [7, 11) is 0. The van der Waals surface area contributed by atoms with Gasteiger partial charge in [-0.3, -0.25) is 0 Å². The molecule has 2 atom stereocenters. The zero-order valence-electron chi connectivity index (χ0n) is 8.43. The maximum Gasteiger partial charge on any atom is 0.124 e. The van der Waals surface area contributed by atoms with Gasteiger partial charge < -0.3 is 5.73 Å². The van der Waals surface area contributed by atoms with Crippen molar-refractivity contribution in [2.45, 2.75) is 32.2 Å². The predicted molar refractivity (Wildman–Crippen MR) is 58.1 cm³/mol. The van der Waals surface area contributed by atoms with Gasteiger partial charge in [0, 0.05) is 11.1 Å². The fraction of sp³-hybridized carbons (Fsp3) is 0.455. The molecule has 1 nitrogen and oxygen atoms in total. The number of nitrogens with two attached hydrogens (primary N) is 1. The molecule has 0 saturated heterocycles. The van der Waals surface area contributed by atoms with Gasteiger partial charge in [0.2, 0.25) is 0 Å². The minimum absolute atomic E-state index is 0.0676. The lowest BCUT2D eigenvalue weighted by molar-refractivity contribution is 0.549. The molecule has 0 aliphatic heterocycles. The SMILES string of the molecule is CCC(N)C(C)c1ccc(F)cc1Cl. The summed E-state index contributed by atoms with van der Waals surface area (Å²) in [5.74, 6) is -0.149. The normalized spacial score (nSPS) is 15.2. The van der Waals surface area contributed by atoms with Gasteiger partial charge in [-0.15, -0.1) is 0 Å². The van der Waals surface area contributed by atoms with Crippen molar-refractivity contribution in [1.82, 2.24) is 0 Å². The number of benzene rings is 1. The average molecular weight is 216 g/mol. The van der Waals surface area contributed by atoms with E-state index in [4.69, 9.17) is 17.3 Å². The van der Waals surface area contributed by atoms with Crippen molar-refractivity contribution in [3.05, 3.63) is 34.6 Å². The average Bonchev–Trinajstić information content (AvgIpc) is 2.15. The van der Waals surface area contributed by atoms with Crippen molar-refractivity contribution in [3.63, 3.8) is 0 Å². The second-order valence-electron chi connectivity index (χ2n) is 3.53. The molecule has 0 radical (unpaired) electrons. The van der Waals surface area contributed by atoms with Crippen LogP contribution in [0.1, 0.15) is 31.7 Å². The van der Waals surface area contributed by atoms with E-state index in [1.165, 1.54) is 12.1 Å². The van der Waals surface area contributed by atoms with E-state index in [1.54, 1.807) is 6.07 Å². The standard InChI is InChI=1S/C11H15ClFN/c1-3-11(14)7(2)9-5-4-8(13)6-10(9)12/h4-7,11H,3,14H2,1-2H3. The lowest BCUT2D eigenvalue weighted by atomic mass is 9.92. The van der Waals surface area contributed by atoms with Crippen LogP contribution in [-0.2, 0) is 0 Å². The van der Waals surface area contributed by atoms with Crippen molar-refractivity contribution in [2.24, 2.45) is 5.73 Å². The van der Waals surface area contributed by atoms with Gasteiger partial charge in [-0.05, 0) is 30.0 Å². The molecule has 0 aliphatic rings. The van der Waals surface area contributed by atoms with E-state index in [2.05, 4.69) is 0 Å². The smallest absolute Gasteiger partial charge is 0.124 e. The molecule has 3 heteroatoms. The van der Waals surface area contributed by atoms with Crippen LogP contribution in [0, 0.1) is 5.82 Å². The quantitative estimate of drug-likeness (QED) is 0.823. The lowest BCUT2D eigenvalue weighted by Gasteiger charge is -2.19. The van der Waals surface area contributed by atoms with E-state index in [0.29, 0.717) is 5.02 Å². The molecule has 0 spiro atoms. The third kappa shape index (κ3) is 2.46. The topological polar surface area (TPSA) is 26.0 Å². The van der Waals surface area contributed by atoms with Crippen LogP contribution < -0.4 is 5.73 Å². The molecule has 2 unspecified atom stereocenters. The van der Waals surface area contributed by atoms with E-state index >= 15 is 0 Å². The monoisotopic (exact) mass is 215 g/mol. The van der Waals surface area contributed by atoms with Crippen molar-refractivity contribution in [1.29, 1.82) is 0 Å². The van der Waals surface area contributed by atoms with E-state index in [9.17, 15) is 4.39 Å². The molecule has 78 valence electrons. The summed E-state index contributed by atoms with van der Waals surface area (Å²) in [4.78, 5) is 0. The van der Waals surface area contributed by atoms with Gasteiger partial charge in [-0.2, -0.15) is 0 Å². The van der Waals surface area contributed by atoms with Gasteiger partial charge in [0.15, 0.2) is 0 Å². The summed E-state index contributed by atoms with van der Waals surface area (Å²) in [5, 5.41) is 0.460.